The van der Waals surface area contributed by atoms with Gasteiger partial charge >= 0.3 is 6.18 Å². The van der Waals surface area contributed by atoms with Gasteiger partial charge in [0.1, 0.15) is 0 Å². The summed E-state index contributed by atoms with van der Waals surface area (Å²) in [7, 11) is 0. The summed E-state index contributed by atoms with van der Waals surface area (Å²) in [5, 5.41) is 0. The average molecular weight is 286 g/mol. The van der Waals surface area contributed by atoms with Crippen LogP contribution in [-0.4, -0.2) is 23.3 Å². The van der Waals surface area contributed by atoms with E-state index in [1.54, 1.807) is 0 Å². The first-order valence-electron chi connectivity index (χ1n) is 6.01. The second-order valence-corrected chi connectivity index (χ2v) is 4.73. The minimum Gasteiger partial charge on any atom is -0.369 e. The van der Waals surface area contributed by atoms with Crippen molar-refractivity contribution in [2.24, 2.45) is 11.7 Å². The first-order valence-corrected chi connectivity index (χ1v) is 6.01. The van der Waals surface area contributed by atoms with E-state index in [9.17, 15) is 22.8 Å². The molecule has 0 unspecified atom stereocenters. The number of likely N-dealkylation sites (tertiary alicyclic amines) is 1. The second kappa shape index (κ2) is 5.15. The third-order valence-electron chi connectivity index (χ3n) is 3.30. The molecule has 1 heterocycles. The molecule has 0 aliphatic carbocycles. The van der Waals surface area contributed by atoms with Gasteiger partial charge in [-0.05, 0) is 11.6 Å². The van der Waals surface area contributed by atoms with Crippen LogP contribution in [-0.2, 0) is 22.3 Å². The predicted molar refractivity (Wildman–Crippen MR) is 64.2 cm³/mol. The molecule has 2 N–H and O–H groups in total. The molecule has 2 amide bonds. The first kappa shape index (κ1) is 14.4. The van der Waals surface area contributed by atoms with Crippen LogP contribution in [0.3, 0.4) is 0 Å². The van der Waals surface area contributed by atoms with Crippen LogP contribution in [0.1, 0.15) is 17.5 Å². The summed E-state index contributed by atoms with van der Waals surface area (Å²) < 4.78 is 38.5. The topological polar surface area (TPSA) is 63.4 Å². The second-order valence-electron chi connectivity index (χ2n) is 4.73. The third kappa shape index (κ3) is 2.92. The SMILES string of the molecule is NC(=O)[C@H]1CC(=O)N(Cc2ccccc2C(F)(F)F)C1. The van der Waals surface area contributed by atoms with Crippen molar-refractivity contribution in [1.29, 1.82) is 0 Å². The Bertz CT molecular complexity index is 543. The Balaban J connectivity index is 2.19. The molecule has 1 aromatic rings. The van der Waals surface area contributed by atoms with Crippen LogP contribution in [0.2, 0.25) is 0 Å². The van der Waals surface area contributed by atoms with Gasteiger partial charge in [0.25, 0.3) is 0 Å². The highest BCUT2D eigenvalue weighted by atomic mass is 19.4. The minimum atomic E-state index is -4.47. The highest BCUT2D eigenvalue weighted by Gasteiger charge is 2.36. The number of alkyl halides is 3. The Kier molecular flexibility index (Phi) is 3.69. The Morgan fingerprint density at radius 1 is 1.35 bits per heavy atom. The number of nitrogens with two attached hydrogens (primary N) is 1. The molecule has 0 bridgehead atoms. The van der Waals surface area contributed by atoms with Crippen LogP contribution in [0.4, 0.5) is 13.2 Å². The average Bonchev–Trinajstić information content (AvgIpc) is 2.71. The monoisotopic (exact) mass is 286 g/mol. The van der Waals surface area contributed by atoms with E-state index in [0.717, 1.165) is 6.07 Å². The lowest BCUT2D eigenvalue weighted by atomic mass is 10.1. The third-order valence-corrected chi connectivity index (χ3v) is 3.30. The van der Waals surface area contributed by atoms with Crippen LogP contribution in [0.15, 0.2) is 24.3 Å². The number of hydrogen-bond donors (Lipinski definition) is 1. The van der Waals surface area contributed by atoms with Crippen molar-refractivity contribution in [3.05, 3.63) is 35.4 Å². The molecule has 1 aliphatic rings. The van der Waals surface area contributed by atoms with Crippen molar-refractivity contribution >= 4 is 11.8 Å². The highest BCUT2D eigenvalue weighted by molar-refractivity contribution is 5.88. The molecule has 2 rings (SSSR count). The van der Waals surface area contributed by atoms with Gasteiger partial charge in [0.15, 0.2) is 0 Å². The van der Waals surface area contributed by atoms with E-state index in [2.05, 4.69) is 0 Å². The number of rotatable bonds is 3. The molecule has 1 atom stereocenters. The molecule has 1 aromatic carbocycles. The van der Waals surface area contributed by atoms with E-state index in [1.165, 1.54) is 23.1 Å². The van der Waals surface area contributed by atoms with Gasteiger partial charge in [-0.25, -0.2) is 0 Å². The zero-order valence-electron chi connectivity index (χ0n) is 10.5. The summed E-state index contributed by atoms with van der Waals surface area (Å²) in [5.74, 6) is -1.59. The van der Waals surface area contributed by atoms with Crippen molar-refractivity contribution in [1.82, 2.24) is 4.90 Å². The maximum atomic E-state index is 12.8. The smallest absolute Gasteiger partial charge is 0.369 e. The summed E-state index contributed by atoms with van der Waals surface area (Å²) in [6.07, 6.45) is -4.51. The molecule has 1 aliphatic heterocycles. The highest BCUT2D eigenvalue weighted by Crippen LogP contribution is 2.33. The van der Waals surface area contributed by atoms with Crippen molar-refractivity contribution in [3.63, 3.8) is 0 Å². The largest absolute Gasteiger partial charge is 0.416 e. The van der Waals surface area contributed by atoms with Gasteiger partial charge in [-0.1, -0.05) is 18.2 Å². The molecule has 1 saturated heterocycles. The minimum absolute atomic E-state index is 0.0125. The molecule has 1 fully saturated rings. The Hall–Kier alpha value is -2.05. The number of primary amides is 1. The maximum absolute atomic E-state index is 12.8. The molecule has 20 heavy (non-hydrogen) atoms. The number of carbonyl (C=O) groups excluding carboxylic acids is 2. The van der Waals surface area contributed by atoms with Gasteiger partial charge in [-0.2, -0.15) is 13.2 Å². The summed E-state index contributed by atoms with van der Waals surface area (Å²) in [4.78, 5) is 24.0. The van der Waals surface area contributed by atoms with Gasteiger partial charge in [0.2, 0.25) is 11.8 Å². The van der Waals surface area contributed by atoms with Crippen molar-refractivity contribution < 1.29 is 22.8 Å². The van der Waals surface area contributed by atoms with Crippen LogP contribution < -0.4 is 5.73 Å². The number of carbonyl (C=O) groups is 2. The lowest BCUT2D eigenvalue weighted by molar-refractivity contribution is -0.139. The van der Waals surface area contributed by atoms with E-state index >= 15 is 0 Å². The molecular weight excluding hydrogens is 273 g/mol. The van der Waals surface area contributed by atoms with E-state index < -0.39 is 23.6 Å². The van der Waals surface area contributed by atoms with Gasteiger partial charge < -0.3 is 10.6 Å². The number of benzene rings is 1. The number of halogens is 3. The fourth-order valence-electron chi connectivity index (χ4n) is 2.26. The van der Waals surface area contributed by atoms with E-state index in [1.807, 2.05) is 0 Å². The fraction of sp³-hybridized carbons (Fsp3) is 0.385. The molecule has 7 heteroatoms. The van der Waals surface area contributed by atoms with Crippen LogP contribution in [0.25, 0.3) is 0 Å². The summed E-state index contributed by atoms with van der Waals surface area (Å²) in [6, 6.07) is 5.08. The Morgan fingerprint density at radius 3 is 2.55 bits per heavy atom. The van der Waals surface area contributed by atoms with Crippen molar-refractivity contribution in [2.75, 3.05) is 6.54 Å². The molecular formula is C13H13F3N2O2. The van der Waals surface area contributed by atoms with Gasteiger partial charge in [0.05, 0.1) is 11.5 Å². The molecule has 0 spiro atoms. The standard InChI is InChI=1S/C13H13F3N2O2/c14-13(15,16)10-4-2-1-3-8(10)6-18-7-9(12(17)20)5-11(18)19/h1-4,9H,5-7H2,(H2,17,20)/t9-/m0/s1. The normalized spacial score (nSPS) is 19.4. The van der Waals surface area contributed by atoms with E-state index in [-0.39, 0.29) is 31.0 Å². The summed E-state index contributed by atoms with van der Waals surface area (Å²) >= 11 is 0. The van der Waals surface area contributed by atoms with Crippen molar-refractivity contribution in [3.8, 4) is 0 Å². The zero-order chi connectivity index (χ0) is 14.9. The van der Waals surface area contributed by atoms with Gasteiger partial charge in [0, 0.05) is 19.5 Å². The quantitative estimate of drug-likeness (QED) is 0.916. The van der Waals surface area contributed by atoms with Crippen molar-refractivity contribution in [2.45, 2.75) is 19.1 Å². The fourth-order valence-corrected chi connectivity index (χ4v) is 2.26. The lowest BCUT2D eigenvalue weighted by Gasteiger charge is -2.19. The summed E-state index contributed by atoms with van der Waals surface area (Å²) in [5.41, 5.74) is 4.36. The van der Waals surface area contributed by atoms with Crippen LogP contribution in [0, 0.1) is 5.92 Å². The molecule has 0 aromatic heterocycles. The van der Waals surface area contributed by atoms with E-state index in [4.69, 9.17) is 5.73 Å². The predicted octanol–water partition coefficient (Wildman–Crippen LogP) is 1.54. The van der Waals surface area contributed by atoms with Gasteiger partial charge in [-0.15, -0.1) is 0 Å². The molecule has 0 radical (unpaired) electrons. The number of nitrogens with zero attached hydrogens (tertiary/aromatic N) is 1. The Labute approximate surface area is 113 Å². The molecule has 4 nitrogen and oxygen atoms in total. The molecule has 108 valence electrons. The first-order chi connectivity index (χ1) is 9.29. The maximum Gasteiger partial charge on any atom is 0.416 e. The van der Waals surface area contributed by atoms with E-state index in [0.29, 0.717) is 0 Å². The molecule has 0 saturated carbocycles. The zero-order valence-corrected chi connectivity index (χ0v) is 10.5. The lowest BCUT2D eigenvalue weighted by Crippen LogP contribution is -2.29. The number of hydrogen-bond acceptors (Lipinski definition) is 2. The van der Waals surface area contributed by atoms with Crippen LogP contribution in [0.5, 0.6) is 0 Å². The van der Waals surface area contributed by atoms with Gasteiger partial charge in [-0.3, -0.25) is 9.59 Å². The number of amides is 2. The Morgan fingerprint density at radius 2 is 2.00 bits per heavy atom. The summed E-state index contributed by atoms with van der Waals surface area (Å²) in [6.45, 7) is -0.0986. The van der Waals surface area contributed by atoms with Crippen LogP contribution >= 0.6 is 0 Å².